The van der Waals surface area contributed by atoms with Crippen molar-refractivity contribution < 1.29 is 14.3 Å². The summed E-state index contributed by atoms with van der Waals surface area (Å²) in [6.07, 6.45) is 3.13. The Hall–Kier alpha value is -2.22. The summed E-state index contributed by atoms with van der Waals surface area (Å²) in [6.45, 7) is 2.77. The van der Waals surface area contributed by atoms with Crippen molar-refractivity contribution in [1.29, 1.82) is 0 Å². The summed E-state index contributed by atoms with van der Waals surface area (Å²) in [4.78, 5) is 14.9. The van der Waals surface area contributed by atoms with Gasteiger partial charge in [0.15, 0.2) is 5.76 Å². The highest BCUT2D eigenvalue weighted by molar-refractivity contribution is 5.77. The van der Waals surface area contributed by atoms with Gasteiger partial charge >= 0.3 is 0 Å². The molecule has 0 saturated carbocycles. The van der Waals surface area contributed by atoms with E-state index in [9.17, 15) is 9.90 Å². The molecule has 3 rings (SSSR count). The van der Waals surface area contributed by atoms with Crippen LogP contribution in [0, 0.1) is 0 Å². The zero-order valence-electron chi connectivity index (χ0n) is 11.8. The third-order valence-corrected chi connectivity index (χ3v) is 3.51. The second-order valence-electron chi connectivity index (χ2n) is 5.34. The third-order valence-electron chi connectivity index (χ3n) is 3.51. The van der Waals surface area contributed by atoms with Crippen molar-refractivity contribution >= 4 is 5.91 Å². The number of rotatable bonds is 5. The normalized spacial score (nSPS) is 16.8. The van der Waals surface area contributed by atoms with Crippen LogP contribution < -0.4 is 0 Å². The first kappa shape index (κ1) is 13.7. The molecule has 1 N–H and O–H groups in total. The minimum atomic E-state index is -0.723. The minimum Gasteiger partial charge on any atom is -0.461 e. The van der Waals surface area contributed by atoms with E-state index in [1.54, 1.807) is 17.0 Å². The number of aromatic nitrogens is 4. The molecule has 112 valence electrons. The monoisotopic (exact) mass is 291 g/mol. The smallest absolute Gasteiger partial charge is 0.246 e. The Bertz CT molecular complexity index is 616. The first-order valence-corrected chi connectivity index (χ1v) is 6.91. The van der Waals surface area contributed by atoms with E-state index in [0.29, 0.717) is 31.1 Å². The molecule has 0 bridgehead atoms. The number of likely N-dealkylation sites (tertiary alicyclic amines) is 1. The molecule has 1 fully saturated rings. The molecule has 1 saturated heterocycles. The Labute approximate surface area is 121 Å². The zero-order valence-corrected chi connectivity index (χ0v) is 11.8. The van der Waals surface area contributed by atoms with E-state index < -0.39 is 5.60 Å². The summed E-state index contributed by atoms with van der Waals surface area (Å²) < 4.78 is 5.17. The second-order valence-corrected chi connectivity index (χ2v) is 5.34. The van der Waals surface area contributed by atoms with Crippen molar-refractivity contribution in [1.82, 2.24) is 25.1 Å². The van der Waals surface area contributed by atoms with Gasteiger partial charge in [-0.25, -0.2) is 0 Å². The van der Waals surface area contributed by atoms with E-state index in [2.05, 4.69) is 15.4 Å². The van der Waals surface area contributed by atoms with Crippen molar-refractivity contribution in [2.75, 3.05) is 13.1 Å². The molecule has 0 atom stereocenters. The van der Waals surface area contributed by atoms with Gasteiger partial charge in [0.1, 0.15) is 6.54 Å². The SMILES string of the molecule is CCCC1(O)CN(C(=O)Cn2nnc(-c3ccco3)n2)C1. The van der Waals surface area contributed by atoms with Gasteiger partial charge in [-0.05, 0) is 23.8 Å². The predicted molar refractivity (Wildman–Crippen MR) is 72.0 cm³/mol. The average molecular weight is 291 g/mol. The molecule has 0 spiro atoms. The van der Waals surface area contributed by atoms with E-state index in [1.807, 2.05) is 6.92 Å². The van der Waals surface area contributed by atoms with Gasteiger partial charge in [0.25, 0.3) is 0 Å². The van der Waals surface area contributed by atoms with Crippen LogP contribution in [0.5, 0.6) is 0 Å². The number of aliphatic hydroxyl groups is 1. The molecule has 8 nitrogen and oxygen atoms in total. The Balaban J connectivity index is 1.57. The van der Waals surface area contributed by atoms with Crippen LogP contribution in [-0.2, 0) is 11.3 Å². The van der Waals surface area contributed by atoms with Crippen LogP contribution in [0.25, 0.3) is 11.6 Å². The standard InChI is InChI=1S/C13H17N5O3/c1-2-5-13(20)8-17(9-13)11(19)7-18-15-12(14-16-18)10-4-3-6-21-10/h3-4,6,20H,2,5,7-9H2,1H3. The summed E-state index contributed by atoms with van der Waals surface area (Å²) in [5, 5.41) is 21.8. The number of nitrogens with zero attached hydrogens (tertiary/aromatic N) is 5. The van der Waals surface area contributed by atoms with Crippen molar-refractivity contribution in [3.8, 4) is 11.6 Å². The van der Waals surface area contributed by atoms with Crippen LogP contribution in [-0.4, -0.2) is 54.8 Å². The van der Waals surface area contributed by atoms with Gasteiger partial charge in [0, 0.05) is 0 Å². The van der Waals surface area contributed by atoms with E-state index in [0.717, 1.165) is 6.42 Å². The maximum Gasteiger partial charge on any atom is 0.246 e. The fourth-order valence-electron chi connectivity index (χ4n) is 2.50. The fraction of sp³-hybridized carbons (Fsp3) is 0.538. The molecule has 2 aromatic heterocycles. The lowest BCUT2D eigenvalue weighted by molar-refractivity contribution is -0.157. The minimum absolute atomic E-state index is 0.00983. The molecule has 3 heterocycles. The van der Waals surface area contributed by atoms with Gasteiger partial charge < -0.3 is 14.4 Å². The predicted octanol–water partition coefficient (Wildman–Crippen LogP) is 0.306. The number of β-amino-alcohol motifs (C(OH)–C–C–N with tert-alkyl or cyclic N) is 1. The summed E-state index contributed by atoms with van der Waals surface area (Å²) in [5.41, 5.74) is -0.723. The molecule has 0 aromatic carbocycles. The Morgan fingerprint density at radius 3 is 3.00 bits per heavy atom. The van der Waals surface area contributed by atoms with E-state index >= 15 is 0 Å². The lowest BCUT2D eigenvalue weighted by Gasteiger charge is -2.46. The molecule has 21 heavy (non-hydrogen) atoms. The number of hydrogen-bond acceptors (Lipinski definition) is 6. The van der Waals surface area contributed by atoms with Gasteiger partial charge in [-0.2, -0.15) is 4.80 Å². The van der Waals surface area contributed by atoms with Gasteiger partial charge in [-0.15, -0.1) is 10.2 Å². The lowest BCUT2D eigenvalue weighted by atomic mass is 9.89. The summed E-state index contributed by atoms with van der Waals surface area (Å²) in [6, 6.07) is 3.46. The van der Waals surface area contributed by atoms with Crippen LogP contribution in [0.2, 0.25) is 0 Å². The Morgan fingerprint density at radius 2 is 2.33 bits per heavy atom. The van der Waals surface area contributed by atoms with Crippen molar-refractivity contribution in [3.63, 3.8) is 0 Å². The molecular weight excluding hydrogens is 274 g/mol. The number of carbonyl (C=O) groups excluding carboxylic acids is 1. The zero-order chi connectivity index (χ0) is 14.9. The number of amides is 1. The molecule has 8 heteroatoms. The summed E-state index contributed by atoms with van der Waals surface area (Å²) in [5.74, 6) is 0.730. The molecule has 0 unspecified atom stereocenters. The number of furan rings is 1. The number of hydrogen-bond donors (Lipinski definition) is 1. The van der Waals surface area contributed by atoms with Gasteiger partial charge in [0.2, 0.25) is 11.7 Å². The van der Waals surface area contributed by atoms with E-state index in [1.165, 1.54) is 11.1 Å². The van der Waals surface area contributed by atoms with Gasteiger partial charge in [-0.3, -0.25) is 4.79 Å². The molecule has 2 aromatic rings. The summed E-state index contributed by atoms with van der Waals surface area (Å²) >= 11 is 0. The maximum absolute atomic E-state index is 12.0. The van der Waals surface area contributed by atoms with Crippen LogP contribution in [0.3, 0.4) is 0 Å². The molecule has 0 radical (unpaired) electrons. The highest BCUT2D eigenvalue weighted by atomic mass is 16.3. The Morgan fingerprint density at radius 1 is 1.52 bits per heavy atom. The lowest BCUT2D eigenvalue weighted by Crippen LogP contribution is -2.63. The molecular formula is C13H17N5O3. The highest BCUT2D eigenvalue weighted by Crippen LogP contribution is 2.25. The van der Waals surface area contributed by atoms with Crippen molar-refractivity contribution in [3.05, 3.63) is 18.4 Å². The molecule has 1 aliphatic rings. The highest BCUT2D eigenvalue weighted by Gasteiger charge is 2.42. The van der Waals surface area contributed by atoms with E-state index in [4.69, 9.17) is 4.42 Å². The van der Waals surface area contributed by atoms with Gasteiger partial charge in [0.05, 0.1) is 25.0 Å². The molecule has 1 amide bonds. The fourth-order valence-corrected chi connectivity index (χ4v) is 2.50. The van der Waals surface area contributed by atoms with Crippen LogP contribution in [0.1, 0.15) is 19.8 Å². The Kier molecular flexibility index (Phi) is 3.46. The van der Waals surface area contributed by atoms with Crippen molar-refractivity contribution in [2.45, 2.75) is 31.9 Å². The van der Waals surface area contributed by atoms with E-state index in [-0.39, 0.29) is 12.5 Å². The maximum atomic E-state index is 12.0. The molecule has 0 aliphatic carbocycles. The number of tetrazole rings is 1. The van der Waals surface area contributed by atoms with Crippen molar-refractivity contribution in [2.24, 2.45) is 0 Å². The topological polar surface area (TPSA) is 97.3 Å². The summed E-state index contributed by atoms with van der Waals surface area (Å²) in [7, 11) is 0. The van der Waals surface area contributed by atoms with Crippen LogP contribution in [0.15, 0.2) is 22.8 Å². The molecule has 1 aliphatic heterocycles. The third kappa shape index (κ3) is 2.80. The van der Waals surface area contributed by atoms with Crippen LogP contribution >= 0.6 is 0 Å². The quantitative estimate of drug-likeness (QED) is 0.851. The average Bonchev–Trinajstić information content (AvgIpc) is 3.05. The first-order valence-electron chi connectivity index (χ1n) is 6.91. The van der Waals surface area contributed by atoms with Gasteiger partial charge in [-0.1, -0.05) is 13.3 Å². The number of carbonyl (C=O) groups is 1. The van der Waals surface area contributed by atoms with Crippen LogP contribution in [0.4, 0.5) is 0 Å². The first-order chi connectivity index (χ1) is 10.1. The largest absolute Gasteiger partial charge is 0.461 e. The second kappa shape index (κ2) is 5.28.